The third-order valence-electron chi connectivity index (χ3n) is 3.76. The lowest BCUT2D eigenvalue weighted by Crippen LogP contribution is -2.38. The minimum absolute atomic E-state index is 0.461. The van der Waals surface area contributed by atoms with Crippen LogP contribution >= 0.6 is 0 Å². The smallest absolute Gasteiger partial charge is 0.157 e. The van der Waals surface area contributed by atoms with Gasteiger partial charge < -0.3 is 14.8 Å². The quantitative estimate of drug-likeness (QED) is 0.917. The molecule has 1 fully saturated rings. The first-order valence-electron chi connectivity index (χ1n) is 7.40. The number of hydrogen-bond acceptors (Lipinski definition) is 4. The van der Waals surface area contributed by atoms with Crippen LogP contribution in [0.1, 0.15) is 19.3 Å². The molecule has 1 aromatic heterocycles. The van der Waals surface area contributed by atoms with Crippen molar-refractivity contribution in [1.29, 1.82) is 0 Å². The van der Waals surface area contributed by atoms with Crippen LogP contribution < -0.4 is 14.8 Å². The minimum Gasteiger partial charge on any atom is -0.497 e. The maximum absolute atomic E-state index is 5.82. The van der Waals surface area contributed by atoms with E-state index >= 15 is 0 Å². The van der Waals surface area contributed by atoms with Crippen molar-refractivity contribution >= 4 is 0 Å². The Hall–Kier alpha value is -2.01. The zero-order valence-corrected chi connectivity index (χ0v) is 12.3. The maximum atomic E-state index is 5.82. The number of hydrogen-bond donors (Lipinski definition) is 1. The summed E-state index contributed by atoms with van der Waals surface area (Å²) in [5, 5.41) is 7.81. The summed E-state index contributed by atoms with van der Waals surface area (Å²) in [5.74, 6) is 1.64. The lowest BCUT2D eigenvalue weighted by molar-refractivity contribution is 0.239. The predicted octanol–water partition coefficient (Wildman–Crippen LogP) is 2.40. The predicted molar refractivity (Wildman–Crippen MR) is 81.3 cm³/mol. The summed E-state index contributed by atoms with van der Waals surface area (Å²) in [6, 6.07) is 8.24. The highest BCUT2D eigenvalue weighted by Crippen LogP contribution is 2.18. The van der Waals surface area contributed by atoms with E-state index in [-0.39, 0.29) is 0 Å². The Labute approximate surface area is 124 Å². The molecule has 112 valence electrons. The van der Waals surface area contributed by atoms with E-state index in [1.807, 2.05) is 35.1 Å². The zero-order valence-electron chi connectivity index (χ0n) is 12.3. The van der Waals surface area contributed by atoms with Crippen molar-refractivity contribution in [2.24, 2.45) is 0 Å². The molecule has 2 heterocycles. The zero-order chi connectivity index (χ0) is 14.5. The van der Waals surface area contributed by atoms with E-state index in [1.54, 1.807) is 13.3 Å². The van der Waals surface area contributed by atoms with E-state index in [4.69, 9.17) is 9.47 Å². The fraction of sp³-hybridized carbons (Fsp3) is 0.438. The van der Waals surface area contributed by atoms with Gasteiger partial charge in [0, 0.05) is 6.04 Å². The molecule has 1 unspecified atom stereocenters. The molecule has 1 aromatic carbocycles. The van der Waals surface area contributed by atoms with Crippen molar-refractivity contribution in [2.45, 2.75) is 25.3 Å². The highest BCUT2D eigenvalue weighted by atomic mass is 16.5. The summed E-state index contributed by atoms with van der Waals surface area (Å²) in [5.41, 5.74) is 0.987. The second-order valence-electron chi connectivity index (χ2n) is 5.28. The van der Waals surface area contributed by atoms with E-state index in [9.17, 15) is 0 Å². The molecule has 1 atom stereocenters. The number of nitrogens with one attached hydrogen (secondary N) is 1. The fourth-order valence-corrected chi connectivity index (χ4v) is 2.52. The molecule has 1 N–H and O–H groups in total. The SMILES string of the molecule is COc1ccc(-n2cc(OCC3CCCCN3)cn2)cc1. The van der Waals surface area contributed by atoms with Gasteiger partial charge in [-0.15, -0.1) is 0 Å². The number of nitrogens with zero attached hydrogens (tertiary/aromatic N) is 2. The number of rotatable bonds is 5. The standard InChI is InChI=1S/C16H21N3O2/c1-20-15-7-5-14(6-8-15)19-11-16(10-18-19)21-12-13-4-2-3-9-17-13/h5-8,10-11,13,17H,2-4,9,12H2,1H3. The Morgan fingerprint density at radius 1 is 1.24 bits per heavy atom. The van der Waals surface area contributed by atoms with E-state index in [2.05, 4.69) is 10.4 Å². The van der Waals surface area contributed by atoms with E-state index < -0.39 is 0 Å². The van der Waals surface area contributed by atoms with Crippen LogP contribution in [0.5, 0.6) is 11.5 Å². The van der Waals surface area contributed by atoms with E-state index in [0.717, 1.165) is 23.7 Å². The van der Waals surface area contributed by atoms with Gasteiger partial charge in [-0.25, -0.2) is 4.68 Å². The van der Waals surface area contributed by atoms with Crippen LogP contribution in [0.3, 0.4) is 0 Å². The molecule has 0 radical (unpaired) electrons. The summed E-state index contributed by atoms with van der Waals surface area (Å²) in [6.45, 7) is 1.80. The van der Waals surface area contributed by atoms with Crippen LogP contribution in [0.25, 0.3) is 5.69 Å². The summed E-state index contributed by atoms with van der Waals surface area (Å²) in [6.07, 6.45) is 7.41. The molecule has 1 aliphatic rings. The number of aromatic nitrogens is 2. The monoisotopic (exact) mass is 287 g/mol. The lowest BCUT2D eigenvalue weighted by atomic mass is 10.1. The topological polar surface area (TPSA) is 48.3 Å². The molecule has 0 spiro atoms. The average molecular weight is 287 g/mol. The van der Waals surface area contributed by atoms with Crippen LogP contribution in [0.15, 0.2) is 36.7 Å². The van der Waals surface area contributed by atoms with Crippen LogP contribution in [-0.2, 0) is 0 Å². The molecule has 5 heteroatoms. The molecule has 0 aliphatic carbocycles. The highest BCUT2D eigenvalue weighted by Gasteiger charge is 2.13. The van der Waals surface area contributed by atoms with Gasteiger partial charge in [0.1, 0.15) is 12.4 Å². The summed E-state index contributed by atoms with van der Waals surface area (Å²) in [4.78, 5) is 0. The second-order valence-corrected chi connectivity index (χ2v) is 5.28. The molecule has 21 heavy (non-hydrogen) atoms. The second kappa shape index (κ2) is 6.63. The molecule has 2 aromatic rings. The van der Waals surface area contributed by atoms with Gasteiger partial charge >= 0.3 is 0 Å². The molecule has 0 bridgehead atoms. The minimum atomic E-state index is 0.461. The molecule has 1 saturated heterocycles. The van der Waals surface area contributed by atoms with Gasteiger partial charge in [-0.05, 0) is 43.7 Å². The maximum Gasteiger partial charge on any atom is 0.157 e. The largest absolute Gasteiger partial charge is 0.497 e. The first kappa shape index (κ1) is 13.9. The Balaban J connectivity index is 1.59. The average Bonchev–Trinajstić information content (AvgIpc) is 3.03. The normalized spacial score (nSPS) is 18.4. The summed E-state index contributed by atoms with van der Waals surface area (Å²) in [7, 11) is 1.66. The van der Waals surface area contributed by atoms with Crippen LogP contribution in [-0.4, -0.2) is 36.1 Å². The third kappa shape index (κ3) is 3.55. The molecular formula is C16H21N3O2. The van der Waals surface area contributed by atoms with Crippen molar-refractivity contribution in [3.63, 3.8) is 0 Å². The van der Waals surface area contributed by atoms with Crippen molar-refractivity contribution in [3.8, 4) is 17.2 Å². The molecule has 0 amide bonds. The Bertz CT molecular complexity index is 559. The van der Waals surface area contributed by atoms with Crippen molar-refractivity contribution in [3.05, 3.63) is 36.7 Å². The molecule has 3 rings (SSSR count). The van der Waals surface area contributed by atoms with Gasteiger partial charge in [0.25, 0.3) is 0 Å². The Morgan fingerprint density at radius 3 is 2.81 bits per heavy atom. The van der Waals surface area contributed by atoms with Gasteiger partial charge in [-0.1, -0.05) is 6.42 Å². The molecule has 0 saturated carbocycles. The van der Waals surface area contributed by atoms with E-state index in [0.29, 0.717) is 12.6 Å². The van der Waals surface area contributed by atoms with Gasteiger partial charge in [0.05, 0.1) is 25.2 Å². The molecule has 5 nitrogen and oxygen atoms in total. The van der Waals surface area contributed by atoms with E-state index in [1.165, 1.54) is 19.3 Å². The highest BCUT2D eigenvalue weighted by molar-refractivity contribution is 5.37. The number of methoxy groups -OCH3 is 1. The van der Waals surface area contributed by atoms with Gasteiger partial charge in [0.15, 0.2) is 5.75 Å². The lowest BCUT2D eigenvalue weighted by Gasteiger charge is -2.22. The summed E-state index contributed by atoms with van der Waals surface area (Å²) < 4.78 is 12.8. The molecule has 1 aliphatic heterocycles. The van der Waals surface area contributed by atoms with Crippen molar-refractivity contribution < 1.29 is 9.47 Å². The van der Waals surface area contributed by atoms with Crippen molar-refractivity contribution in [2.75, 3.05) is 20.3 Å². The Kier molecular flexibility index (Phi) is 4.40. The third-order valence-corrected chi connectivity index (χ3v) is 3.76. The summed E-state index contributed by atoms with van der Waals surface area (Å²) >= 11 is 0. The Morgan fingerprint density at radius 2 is 2.10 bits per heavy atom. The number of piperidine rings is 1. The first-order valence-corrected chi connectivity index (χ1v) is 7.40. The van der Waals surface area contributed by atoms with Gasteiger partial charge in [-0.3, -0.25) is 0 Å². The number of ether oxygens (including phenoxy) is 2. The van der Waals surface area contributed by atoms with Crippen molar-refractivity contribution in [1.82, 2.24) is 15.1 Å². The van der Waals surface area contributed by atoms with Gasteiger partial charge in [-0.2, -0.15) is 5.10 Å². The molecular weight excluding hydrogens is 266 g/mol. The first-order chi connectivity index (χ1) is 10.3. The fourth-order valence-electron chi connectivity index (χ4n) is 2.52. The van der Waals surface area contributed by atoms with Gasteiger partial charge in [0.2, 0.25) is 0 Å². The van der Waals surface area contributed by atoms with Crippen LogP contribution in [0, 0.1) is 0 Å². The van der Waals surface area contributed by atoms with Crippen LogP contribution in [0.4, 0.5) is 0 Å². The number of benzene rings is 1. The van der Waals surface area contributed by atoms with Crippen LogP contribution in [0.2, 0.25) is 0 Å².